The van der Waals surface area contributed by atoms with Crippen molar-refractivity contribution in [1.82, 2.24) is 0 Å². The van der Waals surface area contributed by atoms with Crippen molar-refractivity contribution in [3.63, 3.8) is 0 Å². The predicted octanol–water partition coefficient (Wildman–Crippen LogP) is 4.59. The van der Waals surface area contributed by atoms with Crippen LogP contribution in [-0.4, -0.2) is 30.2 Å². The molecule has 0 aromatic heterocycles. The zero-order chi connectivity index (χ0) is 15.3. The Morgan fingerprint density at radius 1 is 1.10 bits per heavy atom. The Morgan fingerprint density at radius 3 is 2.43 bits per heavy atom. The normalized spacial score (nSPS) is 23.4. The minimum atomic E-state index is -0.399. The summed E-state index contributed by atoms with van der Waals surface area (Å²) in [5.74, 6) is 0. The molecule has 1 rings (SSSR count). The number of rotatable bonds is 12. The zero-order valence-corrected chi connectivity index (χ0v) is 13.9. The third-order valence-electron chi connectivity index (χ3n) is 4.05. The Morgan fingerprint density at radius 2 is 1.76 bits per heavy atom. The van der Waals surface area contributed by atoms with Gasteiger partial charge in [0.15, 0.2) is 6.29 Å². The maximum absolute atomic E-state index is 10.2. The van der Waals surface area contributed by atoms with Crippen LogP contribution in [0.15, 0.2) is 12.2 Å². The lowest BCUT2D eigenvalue weighted by Crippen LogP contribution is -2.35. The van der Waals surface area contributed by atoms with Gasteiger partial charge in [-0.25, -0.2) is 0 Å². The van der Waals surface area contributed by atoms with Crippen molar-refractivity contribution in [3.05, 3.63) is 12.2 Å². The maximum atomic E-state index is 10.2. The van der Waals surface area contributed by atoms with Gasteiger partial charge in [-0.15, -0.1) is 0 Å². The predicted molar refractivity (Wildman–Crippen MR) is 87.3 cm³/mol. The molecule has 1 aliphatic rings. The highest BCUT2D eigenvalue weighted by Crippen LogP contribution is 2.19. The Bertz CT molecular complexity index is 265. The summed E-state index contributed by atoms with van der Waals surface area (Å²) < 4.78 is 11.2. The lowest BCUT2D eigenvalue weighted by molar-refractivity contribution is -0.181. The van der Waals surface area contributed by atoms with E-state index in [4.69, 9.17) is 9.47 Å². The molecule has 0 saturated carbocycles. The molecule has 0 fully saturated rings. The second-order valence-electron chi connectivity index (χ2n) is 5.98. The van der Waals surface area contributed by atoms with Gasteiger partial charge in [-0.05, 0) is 13.3 Å². The topological polar surface area (TPSA) is 38.7 Å². The molecule has 3 heteroatoms. The quantitative estimate of drug-likeness (QED) is 0.423. The molecular weight excluding hydrogens is 264 g/mol. The van der Waals surface area contributed by atoms with E-state index in [9.17, 15) is 5.11 Å². The van der Waals surface area contributed by atoms with Crippen molar-refractivity contribution in [2.45, 2.75) is 96.6 Å². The van der Waals surface area contributed by atoms with Crippen LogP contribution < -0.4 is 0 Å². The Kier molecular flexibility index (Phi) is 10.8. The van der Waals surface area contributed by atoms with Gasteiger partial charge in [-0.2, -0.15) is 0 Å². The van der Waals surface area contributed by atoms with Crippen molar-refractivity contribution in [1.29, 1.82) is 0 Å². The molecule has 0 bridgehead atoms. The fourth-order valence-electron chi connectivity index (χ4n) is 2.76. The average molecular weight is 298 g/mol. The van der Waals surface area contributed by atoms with Crippen molar-refractivity contribution in [3.8, 4) is 0 Å². The highest BCUT2D eigenvalue weighted by atomic mass is 16.7. The van der Waals surface area contributed by atoms with Gasteiger partial charge < -0.3 is 14.6 Å². The van der Waals surface area contributed by atoms with Gasteiger partial charge in [0.05, 0.1) is 6.10 Å². The molecular formula is C18H34O3. The number of hydrogen-bond acceptors (Lipinski definition) is 3. The van der Waals surface area contributed by atoms with E-state index < -0.39 is 6.10 Å². The fourth-order valence-corrected chi connectivity index (χ4v) is 2.76. The summed E-state index contributed by atoms with van der Waals surface area (Å²) in [7, 11) is 0. The zero-order valence-electron chi connectivity index (χ0n) is 13.9. The van der Waals surface area contributed by atoms with Crippen LogP contribution in [0.25, 0.3) is 0 Å². The molecule has 0 aromatic rings. The number of unbranched alkanes of at least 4 members (excludes halogenated alkanes) is 7. The van der Waals surface area contributed by atoms with E-state index in [1.165, 1.54) is 44.9 Å². The number of ether oxygens (including phenoxy) is 2. The molecule has 3 atom stereocenters. The van der Waals surface area contributed by atoms with Crippen LogP contribution in [0.5, 0.6) is 0 Å². The second-order valence-corrected chi connectivity index (χ2v) is 5.98. The Labute approximate surface area is 130 Å². The summed E-state index contributed by atoms with van der Waals surface area (Å²) in [6.45, 7) is 4.87. The van der Waals surface area contributed by atoms with Crippen LogP contribution in [0, 0.1) is 0 Å². The fraction of sp³-hybridized carbons (Fsp3) is 0.889. The van der Waals surface area contributed by atoms with E-state index in [0.717, 1.165) is 19.3 Å². The Balaban J connectivity index is 2.04. The SMILES string of the molecule is CCCCCCCCCC[C@@H](O)[C@H]1C=CC[C@@H](OCC)O1. The summed E-state index contributed by atoms with van der Waals surface area (Å²) in [6.07, 6.45) is 15.2. The molecule has 0 unspecified atom stereocenters. The largest absolute Gasteiger partial charge is 0.390 e. The van der Waals surface area contributed by atoms with Crippen LogP contribution in [0.2, 0.25) is 0 Å². The smallest absolute Gasteiger partial charge is 0.161 e. The van der Waals surface area contributed by atoms with Gasteiger partial charge in [-0.1, -0.05) is 70.4 Å². The summed E-state index contributed by atoms with van der Waals surface area (Å²) in [5, 5.41) is 10.2. The summed E-state index contributed by atoms with van der Waals surface area (Å²) in [6, 6.07) is 0. The van der Waals surface area contributed by atoms with Crippen molar-refractivity contribution in [2.24, 2.45) is 0 Å². The van der Waals surface area contributed by atoms with Gasteiger partial charge in [0, 0.05) is 13.0 Å². The first-order chi connectivity index (χ1) is 10.3. The molecule has 1 heterocycles. The van der Waals surface area contributed by atoms with Gasteiger partial charge >= 0.3 is 0 Å². The molecule has 0 aromatic carbocycles. The molecule has 0 aliphatic carbocycles. The van der Waals surface area contributed by atoms with Gasteiger partial charge in [-0.3, -0.25) is 0 Å². The van der Waals surface area contributed by atoms with Gasteiger partial charge in [0.1, 0.15) is 6.10 Å². The van der Waals surface area contributed by atoms with Crippen LogP contribution in [0.4, 0.5) is 0 Å². The molecule has 1 aliphatic heterocycles. The summed E-state index contributed by atoms with van der Waals surface area (Å²) >= 11 is 0. The van der Waals surface area contributed by atoms with Crippen molar-refractivity contribution < 1.29 is 14.6 Å². The second kappa shape index (κ2) is 12.2. The first-order valence-corrected chi connectivity index (χ1v) is 8.89. The number of aliphatic hydroxyl groups is 1. The van der Waals surface area contributed by atoms with Crippen molar-refractivity contribution >= 4 is 0 Å². The summed E-state index contributed by atoms with van der Waals surface area (Å²) in [5.41, 5.74) is 0. The number of aliphatic hydroxyl groups excluding tert-OH is 1. The van der Waals surface area contributed by atoms with Crippen LogP contribution in [-0.2, 0) is 9.47 Å². The van der Waals surface area contributed by atoms with E-state index in [-0.39, 0.29) is 12.4 Å². The molecule has 3 nitrogen and oxygen atoms in total. The molecule has 1 N–H and O–H groups in total. The molecule has 124 valence electrons. The van der Waals surface area contributed by atoms with Crippen LogP contribution in [0.1, 0.15) is 78.1 Å². The highest BCUT2D eigenvalue weighted by Gasteiger charge is 2.24. The first-order valence-electron chi connectivity index (χ1n) is 8.89. The van der Waals surface area contributed by atoms with Crippen LogP contribution >= 0.6 is 0 Å². The van der Waals surface area contributed by atoms with Gasteiger partial charge in [0.25, 0.3) is 0 Å². The van der Waals surface area contributed by atoms with E-state index >= 15 is 0 Å². The third-order valence-corrected chi connectivity index (χ3v) is 4.05. The maximum Gasteiger partial charge on any atom is 0.161 e. The molecule has 0 amide bonds. The molecule has 21 heavy (non-hydrogen) atoms. The summed E-state index contributed by atoms with van der Waals surface area (Å²) in [4.78, 5) is 0. The van der Waals surface area contributed by atoms with E-state index in [1.54, 1.807) is 0 Å². The average Bonchev–Trinajstić information content (AvgIpc) is 2.50. The molecule has 0 saturated heterocycles. The van der Waals surface area contributed by atoms with Crippen molar-refractivity contribution in [2.75, 3.05) is 6.61 Å². The van der Waals surface area contributed by atoms with E-state index in [0.29, 0.717) is 6.61 Å². The standard InChI is InChI=1S/C18H34O3/c1-3-5-6-7-8-9-10-11-13-16(19)17-14-12-15-18(21-17)20-4-2/h12,14,16-19H,3-11,13,15H2,1-2H3/t16-,17-,18+/m1/s1. The van der Waals surface area contributed by atoms with Gasteiger partial charge in [0.2, 0.25) is 0 Å². The van der Waals surface area contributed by atoms with E-state index in [2.05, 4.69) is 13.0 Å². The van der Waals surface area contributed by atoms with E-state index in [1.807, 2.05) is 13.0 Å². The van der Waals surface area contributed by atoms with Crippen LogP contribution in [0.3, 0.4) is 0 Å². The number of hydrogen-bond donors (Lipinski definition) is 1. The molecule has 0 spiro atoms. The monoisotopic (exact) mass is 298 g/mol. The Hall–Kier alpha value is -0.380. The lowest BCUT2D eigenvalue weighted by Gasteiger charge is -2.28. The lowest BCUT2D eigenvalue weighted by atomic mass is 10.0. The third kappa shape index (κ3) is 8.60. The highest BCUT2D eigenvalue weighted by molar-refractivity contribution is 4.97. The first kappa shape index (κ1) is 18.7. The minimum absolute atomic E-state index is 0.182. The minimum Gasteiger partial charge on any atom is -0.390 e. The molecule has 0 radical (unpaired) electrons.